The largest absolute Gasteiger partial charge is 0.481 e. The van der Waals surface area contributed by atoms with Gasteiger partial charge in [-0.25, -0.2) is 0 Å². The number of halogens is 7. The molecule has 5 aliphatic rings. The lowest BCUT2D eigenvalue weighted by Gasteiger charge is -2.15. The molecule has 0 aliphatic heterocycles. The average Bonchev–Trinajstić information content (AvgIpc) is 1.63. The zero-order valence-electron chi connectivity index (χ0n) is 70.1. The Hall–Kier alpha value is -8.40. The van der Waals surface area contributed by atoms with Crippen LogP contribution < -0.4 is 4.90 Å². The van der Waals surface area contributed by atoms with Crippen LogP contribution in [0.5, 0.6) is 0 Å². The minimum atomic E-state index is -0.889. The van der Waals surface area contributed by atoms with Gasteiger partial charge in [-0.1, -0.05) is 147 Å². The van der Waals surface area contributed by atoms with Gasteiger partial charge in [-0.3, -0.25) is 51.5 Å². The highest BCUT2D eigenvalue weighted by Gasteiger charge is 2.33. The van der Waals surface area contributed by atoms with Crippen molar-refractivity contribution in [3.63, 3.8) is 0 Å². The number of rotatable bonds is 26. The molecule has 5 N–H and O–H groups in total. The van der Waals surface area contributed by atoms with Gasteiger partial charge in [-0.05, 0) is 267 Å². The number of benzene rings is 4. The standard InChI is InChI=1S/C19H19BrN4O2S2.C18H14BrCl2N3O2S2.C18H16ClN3O2S2.C17H13Cl2N3O2S2.C15H15N5O2S2/c1-23(2)15-7-6-11(8-14(15)20)17-12-4-3-5-13(12)18(28-17)24-10-21-22-19(24)27-9-16(25)26;19-17-22-23-18(27-8-14(25)26)24(17)16-11-4-2-1-3-10(11)15(28-16)9-5-6-12(20)13(21)7-9;19-12-7-5-11(6-8-12)16-13-3-1-2-4-14(13)17(26-16)22-10-20-21-18(22)25-9-15(23)24;18-12-5-4-9(6-13(12)19)15-10-2-1-3-11(10)16(26-15)22-8-20-21-17(22)25-7-14(23)24;1-19-6-9(5-17-19)13-10-3-2-4-11(10)14(24-13)20-8-16-18-15(20)23-7-12(21)22/h6-8,10H,3-5,9H2,1-2H3,(H,25,26);5-7H,1-4,8H2,(H,25,26);5-8,10H,1-4,9H2,(H,23,24);4-6,8H,1-3,7H2,(H,23,24);5-6,8H,2-4,7H2,1H3,(H,21,22). The molecular formula is C87H77Br2Cl5N18O10S10. The van der Waals surface area contributed by atoms with Gasteiger partial charge in [0.25, 0.3) is 0 Å². The molecule has 4 aromatic carbocycles. The van der Waals surface area contributed by atoms with Gasteiger partial charge in [0.1, 0.15) is 50.3 Å². The van der Waals surface area contributed by atoms with Gasteiger partial charge in [-0.2, -0.15) is 5.10 Å². The van der Waals surface area contributed by atoms with E-state index in [9.17, 15) is 24.0 Å². The van der Waals surface area contributed by atoms with E-state index in [2.05, 4.69) is 123 Å². The number of aliphatic carboxylic acids is 5. The summed E-state index contributed by atoms with van der Waals surface area (Å²) in [5.74, 6) is -4.55. The fourth-order valence-corrected chi connectivity index (χ4v) is 28.6. The fraction of sp³-hybridized carbons (Fsp3) is 0.287. The molecule has 0 unspecified atom stereocenters. The number of carboxylic acids is 5. The van der Waals surface area contributed by atoms with E-state index < -0.39 is 29.8 Å². The molecule has 20 rings (SSSR count). The quantitative estimate of drug-likeness (QED) is 0.0314. The number of hydrogen-bond acceptors (Lipinski definition) is 27. The second kappa shape index (κ2) is 43.7. The number of carbonyl (C=O) groups is 5. The van der Waals surface area contributed by atoms with Crippen LogP contribution in [0.15, 0.2) is 152 Å². The van der Waals surface area contributed by atoms with E-state index in [0.29, 0.717) is 50.6 Å². The van der Waals surface area contributed by atoms with Crippen LogP contribution >= 0.6 is 205 Å². The molecule has 0 spiro atoms. The summed E-state index contributed by atoms with van der Waals surface area (Å²) in [5.41, 5.74) is 20.1. The maximum Gasteiger partial charge on any atom is 0.313 e. The normalized spacial score (nSPS) is 13.3. The first kappa shape index (κ1) is 96.7. The fourth-order valence-electron chi connectivity index (χ4n) is 16.1. The summed E-state index contributed by atoms with van der Waals surface area (Å²) in [7, 11) is 5.98. The number of aromatic nitrogens is 17. The summed E-state index contributed by atoms with van der Waals surface area (Å²) in [4.78, 5) is 62.8. The predicted octanol–water partition coefficient (Wildman–Crippen LogP) is 22.7. The molecule has 0 amide bonds. The third-order valence-corrected chi connectivity index (χ3v) is 35.8. The van der Waals surface area contributed by atoms with Crippen LogP contribution in [0.25, 0.3) is 77.2 Å². The van der Waals surface area contributed by atoms with Crippen LogP contribution in [0.1, 0.15) is 101 Å². The van der Waals surface area contributed by atoms with Crippen molar-refractivity contribution >= 4 is 241 Å². The summed E-state index contributed by atoms with van der Waals surface area (Å²) in [5, 5.41) is 101. The van der Waals surface area contributed by atoms with Crippen molar-refractivity contribution in [3.8, 4) is 77.2 Å². The molecule has 0 radical (unpaired) electrons. The number of thiophene rings is 5. The number of carboxylic acid groups (broad SMARTS) is 5. The van der Waals surface area contributed by atoms with Crippen LogP contribution in [0.2, 0.25) is 25.1 Å². The number of aryl methyl sites for hydroxylation is 1. The maximum absolute atomic E-state index is 11.0. The third-order valence-electron chi connectivity index (χ3n) is 21.7. The summed E-state index contributed by atoms with van der Waals surface area (Å²) in [6, 6.07) is 25.8. The first-order valence-electron chi connectivity index (χ1n) is 41.0. The van der Waals surface area contributed by atoms with E-state index >= 15 is 0 Å². The van der Waals surface area contributed by atoms with Gasteiger partial charge < -0.3 is 30.4 Å². The average molecular weight is 2190 g/mol. The molecule has 15 aromatic rings. The second-order valence-electron chi connectivity index (χ2n) is 30.6. The smallest absolute Gasteiger partial charge is 0.313 e. The maximum atomic E-state index is 11.0. The van der Waals surface area contributed by atoms with Crippen molar-refractivity contribution in [1.29, 1.82) is 0 Å². The van der Waals surface area contributed by atoms with E-state index in [1.54, 1.807) is 82.0 Å². The van der Waals surface area contributed by atoms with Crippen molar-refractivity contribution in [1.82, 2.24) is 83.6 Å². The monoisotopic (exact) mass is 2190 g/mol. The Morgan fingerprint density at radius 2 is 0.682 bits per heavy atom. The van der Waals surface area contributed by atoms with Crippen LogP contribution in [-0.2, 0) is 95.2 Å². The molecule has 11 aromatic heterocycles. The molecule has 11 heterocycles. The van der Waals surface area contributed by atoms with E-state index in [1.807, 2.05) is 110 Å². The van der Waals surface area contributed by atoms with Gasteiger partial charge in [0.15, 0.2) is 25.8 Å². The summed E-state index contributed by atoms with van der Waals surface area (Å²) < 4.78 is 13.0. The lowest BCUT2D eigenvalue weighted by atomic mass is 9.91. The Balaban J connectivity index is 0.000000120. The molecule has 0 atom stereocenters. The van der Waals surface area contributed by atoms with Crippen molar-refractivity contribution in [2.45, 2.75) is 135 Å². The van der Waals surface area contributed by atoms with Crippen LogP contribution in [0.3, 0.4) is 0 Å². The Labute approximate surface area is 839 Å². The van der Waals surface area contributed by atoms with E-state index in [-0.39, 0.29) is 28.8 Å². The third kappa shape index (κ3) is 22.0. The minimum Gasteiger partial charge on any atom is -0.481 e. The van der Waals surface area contributed by atoms with E-state index in [1.165, 1.54) is 134 Å². The number of anilines is 1. The highest BCUT2D eigenvalue weighted by molar-refractivity contribution is 9.10. The van der Waals surface area contributed by atoms with Gasteiger partial charge in [0, 0.05) is 66.8 Å². The van der Waals surface area contributed by atoms with Crippen LogP contribution in [0, 0.1) is 0 Å². The molecule has 0 saturated carbocycles. The van der Waals surface area contributed by atoms with Gasteiger partial charge in [0.05, 0.1) is 60.7 Å². The van der Waals surface area contributed by atoms with E-state index in [4.69, 9.17) is 83.5 Å². The Kier molecular flexibility index (Phi) is 32.0. The molecule has 45 heteroatoms. The summed E-state index contributed by atoms with van der Waals surface area (Å²) in [6.45, 7) is 0. The van der Waals surface area contributed by atoms with E-state index in [0.717, 1.165) is 182 Å². The minimum absolute atomic E-state index is 0.0261. The highest BCUT2D eigenvalue weighted by Crippen LogP contribution is 2.52. The van der Waals surface area contributed by atoms with Gasteiger partial charge >= 0.3 is 29.8 Å². The zero-order chi connectivity index (χ0) is 92.7. The Morgan fingerprint density at radius 1 is 0.371 bits per heavy atom. The van der Waals surface area contributed by atoms with Crippen molar-refractivity contribution in [2.24, 2.45) is 7.05 Å². The number of thioether (sulfide) groups is 5. The van der Waals surface area contributed by atoms with Crippen LogP contribution in [-0.4, -0.2) is 182 Å². The summed E-state index contributed by atoms with van der Waals surface area (Å²) in [6.07, 6.45) is 28.8. The van der Waals surface area contributed by atoms with Gasteiger partial charge in [0.2, 0.25) is 4.73 Å². The first-order chi connectivity index (χ1) is 63.7. The predicted molar refractivity (Wildman–Crippen MR) is 536 cm³/mol. The van der Waals surface area contributed by atoms with Gasteiger partial charge in [-0.15, -0.1) is 108 Å². The number of nitrogens with zero attached hydrogens (tertiary/aromatic N) is 18. The molecule has 5 aliphatic carbocycles. The molecular weight excluding hydrogens is 2110 g/mol. The molecule has 0 bridgehead atoms. The second-order valence-corrected chi connectivity index (χ2v) is 43.9. The number of hydrogen-bond donors (Lipinski definition) is 5. The van der Waals surface area contributed by atoms with Crippen molar-refractivity contribution < 1.29 is 49.5 Å². The molecule has 28 nitrogen and oxygen atoms in total. The Bertz CT molecular complexity index is 6830. The molecule has 132 heavy (non-hydrogen) atoms. The lowest BCUT2D eigenvalue weighted by molar-refractivity contribution is -0.134. The SMILES string of the molecule is CN(C)c1ccc(-c2sc(-n3cnnc3SCC(=O)O)c3c2CCC3)cc1Br.Cn1cc(-c2sc(-n3cnnc3SCC(=O)O)c3c2CCC3)cn1.O=C(O)CSc1nnc(Br)n1-c1sc(-c2ccc(Cl)c(Cl)c2)c2c1CCCC2.O=C(O)CSc1nncn1-c1sc(-c2ccc(Cl)c(Cl)c2)c2c1CCC2.O=C(O)CSc1nncn1-c1sc(-c2ccc(Cl)cc2)c2c1CCCC2. The molecule has 0 fully saturated rings. The number of fused-ring (bicyclic) bond motifs is 5. The molecule has 684 valence electrons. The first-order valence-corrected chi connectivity index (χ1v) is 53.5. The molecule has 0 saturated heterocycles. The van der Waals surface area contributed by atoms with Crippen molar-refractivity contribution in [3.05, 3.63) is 207 Å². The highest BCUT2D eigenvalue weighted by atomic mass is 79.9. The van der Waals surface area contributed by atoms with Crippen LogP contribution in [0.4, 0.5) is 5.69 Å². The van der Waals surface area contributed by atoms with Crippen molar-refractivity contribution in [2.75, 3.05) is 47.8 Å². The summed E-state index contributed by atoms with van der Waals surface area (Å²) >= 11 is 52.2. The zero-order valence-corrected chi connectivity index (χ0v) is 85.2. The lowest BCUT2D eigenvalue weighted by Crippen LogP contribution is -2.09. The topological polar surface area (TPSA) is 361 Å². The Morgan fingerprint density at radius 3 is 1.03 bits per heavy atom.